The Labute approximate surface area is 117 Å². The van der Waals surface area contributed by atoms with Crippen molar-refractivity contribution >= 4 is 12.4 Å². The highest BCUT2D eigenvalue weighted by atomic mass is 16.5. The Morgan fingerprint density at radius 2 is 1.85 bits per heavy atom. The van der Waals surface area contributed by atoms with E-state index in [1.54, 1.807) is 6.07 Å². The third-order valence-corrected chi connectivity index (χ3v) is 3.16. The molecule has 0 aliphatic rings. The van der Waals surface area contributed by atoms with Crippen molar-refractivity contribution < 1.29 is 14.3 Å². The molecule has 2 aromatic rings. The number of hydrogen-bond donors (Lipinski definition) is 1. The topological polar surface area (TPSA) is 69.4 Å². The van der Waals surface area contributed by atoms with Gasteiger partial charge in [0.1, 0.15) is 12.0 Å². The highest BCUT2D eigenvalue weighted by Crippen LogP contribution is 2.33. The van der Waals surface area contributed by atoms with Crippen LogP contribution >= 0.6 is 0 Å². The first-order chi connectivity index (χ1) is 9.52. The van der Waals surface area contributed by atoms with Gasteiger partial charge in [-0.2, -0.15) is 0 Å². The first-order valence-electron chi connectivity index (χ1n) is 6.16. The van der Waals surface area contributed by atoms with Gasteiger partial charge in [-0.3, -0.25) is 4.79 Å². The van der Waals surface area contributed by atoms with Gasteiger partial charge in [-0.1, -0.05) is 24.3 Å². The van der Waals surface area contributed by atoms with Crippen molar-refractivity contribution in [3.8, 4) is 16.9 Å². The Hall–Kier alpha value is -2.62. The van der Waals surface area contributed by atoms with Gasteiger partial charge in [-0.05, 0) is 48.2 Å². The fourth-order valence-corrected chi connectivity index (χ4v) is 2.15. The maximum atomic E-state index is 11.1. The summed E-state index contributed by atoms with van der Waals surface area (Å²) in [5.41, 5.74) is 9.17. The minimum atomic E-state index is -0.896. The zero-order valence-corrected chi connectivity index (χ0v) is 11.3. The second-order valence-electron chi connectivity index (χ2n) is 4.55. The molecule has 20 heavy (non-hydrogen) atoms. The number of aryl methyl sites for hydroxylation is 1. The second-order valence-corrected chi connectivity index (χ2v) is 4.55. The molecule has 0 spiro atoms. The Morgan fingerprint density at radius 1 is 1.15 bits per heavy atom. The molecule has 0 saturated carbocycles. The largest absolute Gasteiger partial charge is 0.410 e. The first kappa shape index (κ1) is 13.8. The summed E-state index contributed by atoms with van der Waals surface area (Å²) in [6, 6.07) is 11.1. The molecule has 0 heterocycles. The predicted octanol–water partition coefficient (Wildman–Crippen LogP) is 3.24. The Balaban J connectivity index is 2.66. The number of ether oxygens (including phenoxy) is 1. The van der Waals surface area contributed by atoms with Crippen molar-refractivity contribution in [2.75, 3.05) is 0 Å². The van der Waals surface area contributed by atoms with Crippen molar-refractivity contribution in [1.29, 1.82) is 0 Å². The third kappa shape index (κ3) is 2.69. The maximum Gasteiger partial charge on any atom is 0.409 e. The number of nitrogens with two attached hydrogens (primary N) is 1. The Morgan fingerprint density at radius 3 is 2.45 bits per heavy atom. The lowest BCUT2D eigenvalue weighted by Gasteiger charge is -2.13. The lowest BCUT2D eigenvalue weighted by Crippen LogP contribution is -2.17. The minimum absolute atomic E-state index is 0.306. The zero-order valence-electron chi connectivity index (χ0n) is 11.3. The summed E-state index contributed by atoms with van der Waals surface area (Å²) in [5, 5.41) is 0. The van der Waals surface area contributed by atoms with Crippen molar-refractivity contribution in [2.45, 2.75) is 13.8 Å². The van der Waals surface area contributed by atoms with Crippen LogP contribution in [0.15, 0.2) is 36.4 Å². The minimum Gasteiger partial charge on any atom is -0.410 e. The van der Waals surface area contributed by atoms with Crippen molar-refractivity contribution in [2.24, 2.45) is 5.73 Å². The van der Waals surface area contributed by atoms with Gasteiger partial charge in [0, 0.05) is 5.56 Å². The van der Waals surface area contributed by atoms with E-state index in [0.717, 1.165) is 28.5 Å². The number of carbonyl (C=O) groups is 2. The van der Waals surface area contributed by atoms with Crippen LogP contribution < -0.4 is 10.5 Å². The lowest BCUT2D eigenvalue weighted by molar-refractivity contribution is 0.112. The van der Waals surface area contributed by atoms with E-state index in [-0.39, 0.29) is 0 Å². The van der Waals surface area contributed by atoms with E-state index in [9.17, 15) is 9.59 Å². The van der Waals surface area contributed by atoms with Crippen molar-refractivity contribution in [3.63, 3.8) is 0 Å². The van der Waals surface area contributed by atoms with Gasteiger partial charge in [-0.15, -0.1) is 0 Å². The lowest BCUT2D eigenvalue weighted by atomic mass is 9.94. The summed E-state index contributed by atoms with van der Waals surface area (Å²) < 4.78 is 4.97. The summed E-state index contributed by atoms with van der Waals surface area (Å²) in [6.45, 7) is 3.81. The fourth-order valence-electron chi connectivity index (χ4n) is 2.15. The summed E-state index contributed by atoms with van der Waals surface area (Å²) in [4.78, 5) is 22.0. The van der Waals surface area contributed by atoms with Crippen LogP contribution in [0.25, 0.3) is 11.1 Å². The number of aldehydes is 1. The molecule has 0 fully saturated rings. The first-order valence-corrected chi connectivity index (χ1v) is 6.16. The number of hydrogen-bond acceptors (Lipinski definition) is 3. The monoisotopic (exact) mass is 269 g/mol. The van der Waals surface area contributed by atoms with Crippen LogP contribution in [0.3, 0.4) is 0 Å². The quantitative estimate of drug-likeness (QED) is 0.869. The average molecular weight is 269 g/mol. The smallest absolute Gasteiger partial charge is 0.409 e. The van der Waals surface area contributed by atoms with E-state index in [1.807, 2.05) is 38.1 Å². The van der Waals surface area contributed by atoms with E-state index < -0.39 is 6.09 Å². The van der Waals surface area contributed by atoms with Crippen LogP contribution in [0.5, 0.6) is 5.75 Å². The van der Waals surface area contributed by atoms with E-state index >= 15 is 0 Å². The van der Waals surface area contributed by atoms with Gasteiger partial charge in [0.05, 0.1) is 0 Å². The van der Waals surface area contributed by atoms with E-state index in [0.29, 0.717) is 11.3 Å². The maximum absolute atomic E-state index is 11.1. The van der Waals surface area contributed by atoms with E-state index in [1.165, 1.54) is 6.07 Å². The van der Waals surface area contributed by atoms with Crippen LogP contribution in [-0.4, -0.2) is 12.4 Å². The molecule has 2 N–H and O–H groups in total. The van der Waals surface area contributed by atoms with Crippen molar-refractivity contribution in [3.05, 3.63) is 53.1 Å². The molecule has 0 aliphatic carbocycles. The molecule has 0 saturated heterocycles. The fraction of sp³-hybridized carbons (Fsp3) is 0.125. The van der Waals surface area contributed by atoms with Gasteiger partial charge in [0.15, 0.2) is 0 Å². The molecule has 2 rings (SSSR count). The number of benzene rings is 2. The van der Waals surface area contributed by atoms with Crippen LogP contribution in [0.2, 0.25) is 0 Å². The van der Waals surface area contributed by atoms with E-state index in [4.69, 9.17) is 10.5 Å². The SMILES string of the molecule is Cc1ccccc1-c1cc(C=O)cc(OC(N)=O)c1C. The van der Waals surface area contributed by atoms with Gasteiger partial charge >= 0.3 is 6.09 Å². The third-order valence-electron chi connectivity index (χ3n) is 3.16. The van der Waals surface area contributed by atoms with Gasteiger partial charge < -0.3 is 10.5 Å². The second kappa shape index (κ2) is 5.57. The molecule has 0 atom stereocenters. The molecule has 0 bridgehead atoms. The summed E-state index contributed by atoms with van der Waals surface area (Å²) in [6.07, 6.45) is -0.179. The molecule has 102 valence electrons. The summed E-state index contributed by atoms with van der Waals surface area (Å²) in [5.74, 6) is 0.306. The summed E-state index contributed by atoms with van der Waals surface area (Å²) >= 11 is 0. The molecule has 0 radical (unpaired) electrons. The predicted molar refractivity (Wildman–Crippen MR) is 77.0 cm³/mol. The van der Waals surface area contributed by atoms with Crippen molar-refractivity contribution in [1.82, 2.24) is 0 Å². The molecule has 0 aromatic heterocycles. The van der Waals surface area contributed by atoms with Gasteiger partial charge in [0.25, 0.3) is 0 Å². The number of amides is 1. The molecular formula is C16H15NO3. The molecule has 1 amide bonds. The number of carbonyl (C=O) groups excluding carboxylic acids is 2. The van der Waals surface area contributed by atoms with Gasteiger partial charge in [-0.25, -0.2) is 4.79 Å². The zero-order chi connectivity index (χ0) is 14.7. The Bertz CT molecular complexity index is 677. The van der Waals surface area contributed by atoms with E-state index in [2.05, 4.69) is 0 Å². The number of primary amides is 1. The van der Waals surface area contributed by atoms with Crippen LogP contribution in [-0.2, 0) is 0 Å². The van der Waals surface area contributed by atoms with Crippen LogP contribution in [0.4, 0.5) is 4.79 Å². The molecule has 0 unspecified atom stereocenters. The molecule has 2 aromatic carbocycles. The molecule has 4 nitrogen and oxygen atoms in total. The average Bonchev–Trinajstić information content (AvgIpc) is 2.41. The standard InChI is InChI=1S/C16H15NO3/c1-10-5-3-4-6-13(10)14-7-12(9-18)8-15(11(14)2)20-16(17)19/h3-9H,1-2H3,(H2,17,19). The normalized spacial score (nSPS) is 10.1. The highest BCUT2D eigenvalue weighted by Gasteiger charge is 2.13. The summed E-state index contributed by atoms with van der Waals surface area (Å²) in [7, 11) is 0. The van der Waals surface area contributed by atoms with Crippen LogP contribution in [0.1, 0.15) is 21.5 Å². The molecular weight excluding hydrogens is 254 g/mol. The molecule has 4 heteroatoms. The van der Waals surface area contributed by atoms with Crippen LogP contribution in [0, 0.1) is 13.8 Å². The Kier molecular flexibility index (Phi) is 3.84. The van der Waals surface area contributed by atoms with Gasteiger partial charge in [0.2, 0.25) is 0 Å². The molecule has 0 aliphatic heterocycles. The number of rotatable bonds is 3. The highest BCUT2D eigenvalue weighted by molar-refractivity contribution is 5.84.